The number of Topliss-reactive ketones (excluding diaryl/α,β-unsaturated/α-hetero) is 2. The van der Waals surface area contributed by atoms with Crippen LogP contribution in [-0.4, -0.2) is 47.8 Å². The van der Waals surface area contributed by atoms with Gasteiger partial charge in [0.05, 0.1) is 7.11 Å². The van der Waals surface area contributed by atoms with Crippen molar-refractivity contribution in [1.29, 1.82) is 0 Å². The van der Waals surface area contributed by atoms with Gasteiger partial charge in [-0.25, -0.2) is 0 Å². The minimum atomic E-state index is -0.997. The fourth-order valence-electron chi connectivity index (χ4n) is 5.46. The molecule has 7 heteroatoms. The van der Waals surface area contributed by atoms with E-state index in [0.717, 1.165) is 22.5 Å². The van der Waals surface area contributed by atoms with Gasteiger partial charge in [0.25, 0.3) is 0 Å². The molecule has 1 N–H and O–H groups in total. The Morgan fingerprint density at radius 1 is 1.17 bits per heavy atom. The maximum atomic E-state index is 13.3. The van der Waals surface area contributed by atoms with E-state index in [2.05, 4.69) is 12.5 Å². The fraction of sp³-hybridized carbons (Fsp3) is 0.393. The van der Waals surface area contributed by atoms with Crippen molar-refractivity contribution in [3.63, 3.8) is 0 Å². The molecule has 2 aliphatic carbocycles. The Kier molecular flexibility index (Phi) is 7.11. The standard InChI is InChI=1S/C28H29NO6/c1-4-8-17-14-18(15-23(34-3)28(17)35-13-5-2)25-26-19(9-6-11-21(26)30)29(16-24(32)33)20-10-7-12-22(31)27(20)25/h2,4,14-15,25H,1,6-13,16H2,3H3,(H,32,33). The molecule has 0 unspecified atom stereocenters. The number of terminal acetylenes is 1. The first kappa shape index (κ1) is 24.3. The van der Waals surface area contributed by atoms with E-state index in [1.54, 1.807) is 17.0 Å². The summed E-state index contributed by atoms with van der Waals surface area (Å²) in [6.07, 6.45) is 10.8. The van der Waals surface area contributed by atoms with Crippen LogP contribution in [-0.2, 0) is 20.8 Å². The number of benzene rings is 1. The molecular weight excluding hydrogens is 446 g/mol. The molecule has 0 bridgehead atoms. The second-order valence-electron chi connectivity index (χ2n) is 8.88. The van der Waals surface area contributed by atoms with Crippen LogP contribution in [0.15, 0.2) is 47.3 Å². The molecule has 4 rings (SSSR count). The number of hydrogen-bond acceptors (Lipinski definition) is 6. The van der Waals surface area contributed by atoms with Crippen molar-refractivity contribution in [2.75, 3.05) is 20.3 Å². The predicted octanol–water partition coefficient (Wildman–Crippen LogP) is 3.93. The van der Waals surface area contributed by atoms with Gasteiger partial charge in [-0.15, -0.1) is 13.0 Å². The third-order valence-electron chi connectivity index (χ3n) is 6.75. The minimum Gasteiger partial charge on any atom is -0.493 e. The predicted molar refractivity (Wildman–Crippen MR) is 130 cm³/mol. The number of hydrogen-bond donors (Lipinski definition) is 1. The molecule has 0 fully saturated rings. The molecule has 1 aromatic rings. The molecule has 182 valence electrons. The van der Waals surface area contributed by atoms with Gasteiger partial charge in [-0.2, -0.15) is 0 Å². The molecule has 0 saturated heterocycles. The maximum Gasteiger partial charge on any atom is 0.323 e. The molecule has 7 nitrogen and oxygen atoms in total. The van der Waals surface area contributed by atoms with Gasteiger partial charge in [-0.05, 0) is 43.7 Å². The first-order valence-electron chi connectivity index (χ1n) is 11.8. The van der Waals surface area contributed by atoms with Gasteiger partial charge in [0.2, 0.25) is 0 Å². The van der Waals surface area contributed by atoms with Crippen molar-refractivity contribution < 1.29 is 29.0 Å². The van der Waals surface area contributed by atoms with Gasteiger partial charge in [-0.1, -0.05) is 18.1 Å². The van der Waals surface area contributed by atoms with E-state index in [1.165, 1.54) is 7.11 Å². The SMILES string of the molecule is C#CCOc1c(CC=C)cc(C2C3=C(CCCC3=O)N(CC(=O)O)C3=C2C(=O)CCC3)cc1OC. The molecule has 1 aromatic carbocycles. The molecule has 3 aliphatic rings. The van der Waals surface area contributed by atoms with Crippen molar-refractivity contribution >= 4 is 17.5 Å². The van der Waals surface area contributed by atoms with Gasteiger partial charge in [0.15, 0.2) is 23.1 Å². The smallest absolute Gasteiger partial charge is 0.323 e. The van der Waals surface area contributed by atoms with Gasteiger partial charge >= 0.3 is 5.97 Å². The third-order valence-corrected chi connectivity index (χ3v) is 6.75. The third kappa shape index (κ3) is 4.49. The number of ketones is 2. The number of allylic oxidation sites excluding steroid dienone is 5. The monoisotopic (exact) mass is 475 g/mol. The largest absolute Gasteiger partial charge is 0.493 e. The number of methoxy groups -OCH3 is 1. The summed E-state index contributed by atoms with van der Waals surface area (Å²) in [6.45, 7) is 3.64. The second kappa shape index (κ2) is 10.2. The van der Waals surface area contributed by atoms with Crippen LogP contribution < -0.4 is 9.47 Å². The lowest BCUT2D eigenvalue weighted by Crippen LogP contribution is -2.41. The number of nitrogens with zero attached hydrogens (tertiary/aromatic N) is 1. The van der Waals surface area contributed by atoms with Crippen LogP contribution in [0.5, 0.6) is 11.5 Å². The zero-order valence-corrected chi connectivity index (χ0v) is 19.9. The van der Waals surface area contributed by atoms with E-state index in [0.29, 0.717) is 67.6 Å². The molecule has 0 saturated carbocycles. The quantitative estimate of drug-likeness (QED) is 0.450. The summed E-state index contributed by atoms with van der Waals surface area (Å²) in [5.41, 5.74) is 4.02. The Balaban J connectivity index is 1.97. The first-order valence-corrected chi connectivity index (χ1v) is 11.8. The molecule has 0 spiro atoms. The number of carboxylic acids is 1. The molecule has 0 radical (unpaired) electrons. The van der Waals surface area contributed by atoms with Crippen molar-refractivity contribution in [1.82, 2.24) is 4.90 Å². The van der Waals surface area contributed by atoms with Crippen LogP contribution in [0, 0.1) is 12.3 Å². The molecular formula is C28H29NO6. The Labute approximate surface area is 205 Å². The van der Waals surface area contributed by atoms with E-state index in [-0.39, 0.29) is 24.7 Å². The van der Waals surface area contributed by atoms with E-state index in [4.69, 9.17) is 15.9 Å². The molecule has 35 heavy (non-hydrogen) atoms. The van der Waals surface area contributed by atoms with Crippen LogP contribution in [0.1, 0.15) is 55.6 Å². The van der Waals surface area contributed by atoms with E-state index in [9.17, 15) is 19.5 Å². The number of carboxylic acid groups (broad SMARTS) is 1. The van der Waals surface area contributed by atoms with Gasteiger partial charge in [0, 0.05) is 46.9 Å². The molecule has 0 aromatic heterocycles. The van der Waals surface area contributed by atoms with Crippen molar-refractivity contribution in [3.05, 3.63) is 58.5 Å². The molecule has 1 aliphatic heterocycles. The Bertz CT molecular complexity index is 1150. The maximum absolute atomic E-state index is 13.3. The van der Waals surface area contributed by atoms with Crippen molar-refractivity contribution in [2.24, 2.45) is 0 Å². The summed E-state index contributed by atoms with van der Waals surface area (Å²) in [6, 6.07) is 3.72. The lowest BCUT2D eigenvalue weighted by molar-refractivity contribution is -0.138. The lowest BCUT2D eigenvalue weighted by Gasteiger charge is -2.43. The number of aliphatic carboxylic acids is 1. The Morgan fingerprint density at radius 2 is 1.80 bits per heavy atom. The average molecular weight is 476 g/mol. The Morgan fingerprint density at radius 3 is 2.31 bits per heavy atom. The van der Waals surface area contributed by atoms with E-state index >= 15 is 0 Å². The summed E-state index contributed by atoms with van der Waals surface area (Å²) in [7, 11) is 1.53. The number of ether oxygens (including phenoxy) is 2. The van der Waals surface area contributed by atoms with Crippen LogP contribution >= 0.6 is 0 Å². The fourth-order valence-corrected chi connectivity index (χ4v) is 5.46. The normalized spacial score (nSPS) is 18.1. The number of carbonyl (C=O) groups is 3. The highest BCUT2D eigenvalue weighted by Crippen LogP contribution is 2.50. The zero-order valence-electron chi connectivity index (χ0n) is 19.9. The number of carbonyl (C=O) groups excluding carboxylic acids is 2. The van der Waals surface area contributed by atoms with Gasteiger partial charge in [-0.3, -0.25) is 14.4 Å². The summed E-state index contributed by atoms with van der Waals surface area (Å²) >= 11 is 0. The van der Waals surface area contributed by atoms with Crippen LogP contribution in [0.4, 0.5) is 0 Å². The molecule has 0 amide bonds. The highest BCUT2D eigenvalue weighted by atomic mass is 16.5. The van der Waals surface area contributed by atoms with Crippen LogP contribution in [0.3, 0.4) is 0 Å². The zero-order chi connectivity index (χ0) is 25.1. The Hall–Kier alpha value is -3.79. The van der Waals surface area contributed by atoms with Gasteiger partial charge in [0.1, 0.15) is 13.2 Å². The highest BCUT2D eigenvalue weighted by Gasteiger charge is 2.44. The molecule has 0 atom stereocenters. The highest BCUT2D eigenvalue weighted by molar-refractivity contribution is 6.06. The first-order chi connectivity index (χ1) is 16.9. The van der Waals surface area contributed by atoms with E-state index in [1.807, 2.05) is 6.07 Å². The lowest BCUT2D eigenvalue weighted by atomic mass is 9.70. The van der Waals surface area contributed by atoms with Crippen LogP contribution in [0.2, 0.25) is 0 Å². The molecule has 1 heterocycles. The summed E-state index contributed by atoms with van der Waals surface area (Å²) in [5.74, 6) is 1.75. The second-order valence-corrected chi connectivity index (χ2v) is 8.88. The average Bonchev–Trinajstić information content (AvgIpc) is 2.83. The van der Waals surface area contributed by atoms with Gasteiger partial charge < -0.3 is 19.5 Å². The van der Waals surface area contributed by atoms with Crippen LogP contribution in [0.25, 0.3) is 0 Å². The minimum absolute atomic E-state index is 0.0477. The summed E-state index contributed by atoms with van der Waals surface area (Å²) < 4.78 is 11.4. The number of rotatable bonds is 8. The summed E-state index contributed by atoms with van der Waals surface area (Å²) in [5, 5.41) is 9.62. The summed E-state index contributed by atoms with van der Waals surface area (Å²) in [4.78, 5) is 40.1. The van der Waals surface area contributed by atoms with Crippen molar-refractivity contribution in [2.45, 2.75) is 50.9 Å². The topological polar surface area (TPSA) is 93.1 Å². The van der Waals surface area contributed by atoms with E-state index < -0.39 is 11.9 Å². The van der Waals surface area contributed by atoms with Crippen molar-refractivity contribution in [3.8, 4) is 23.8 Å².